The van der Waals surface area contributed by atoms with E-state index in [0.29, 0.717) is 0 Å². The van der Waals surface area contributed by atoms with Gasteiger partial charge in [0.1, 0.15) is 11.4 Å². The van der Waals surface area contributed by atoms with Crippen LogP contribution >= 0.6 is 0 Å². The van der Waals surface area contributed by atoms with E-state index < -0.39 is 54.6 Å². The van der Waals surface area contributed by atoms with Crippen molar-refractivity contribution in [1.29, 1.82) is 0 Å². The lowest BCUT2D eigenvalue weighted by molar-refractivity contribution is -0.140. The predicted molar refractivity (Wildman–Crippen MR) is 85.0 cm³/mol. The lowest BCUT2D eigenvalue weighted by Gasteiger charge is -2.13. The van der Waals surface area contributed by atoms with Gasteiger partial charge in [0.2, 0.25) is 6.86 Å². The molecule has 3 rings (SSSR count). The standard InChI is InChI=1S/C16H11F7N4O2/c17-8-29-10-1-3-27-11(5-10)25-13(16(21,22)23)12(14(27)28)9-6-24-26(7-9)4-2-15(18,19)20/h1,3,5-7H,2,4,8H2. The molecule has 0 radical (unpaired) electrons. The Bertz CT molecular complexity index is 1090. The highest BCUT2D eigenvalue weighted by molar-refractivity contribution is 5.66. The Morgan fingerprint density at radius 2 is 1.86 bits per heavy atom. The van der Waals surface area contributed by atoms with Gasteiger partial charge in [0, 0.05) is 30.6 Å². The highest BCUT2D eigenvalue weighted by atomic mass is 19.4. The highest BCUT2D eigenvalue weighted by Gasteiger charge is 2.38. The van der Waals surface area contributed by atoms with E-state index in [0.717, 1.165) is 39.8 Å². The first-order chi connectivity index (χ1) is 13.5. The van der Waals surface area contributed by atoms with Gasteiger partial charge in [0.05, 0.1) is 18.2 Å². The number of aromatic nitrogens is 4. The van der Waals surface area contributed by atoms with Gasteiger partial charge in [0.15, 0.2) is 5.69 Å². The summed E-state index contributed by atoms with van der Waals surface area (Å²) in [7, 11) is 0. The molecule has 6 nitrogen and oxygen atoms in total. The lowest BCUT2D eigenvalue weighted by Crippen LogP contribution is -2.24. The van der Waals surface area contributed by atoms with Gasteiger partial charge in [-0.25, -0.2) is 9.37 Å². The molecule has 0 N–H and O–H groups in total. The van der Waals surface area contributed by atoms with Gasteiger partial charge in [-0.1, -0.05) is 0 Å². The third-order valence-electron chi connectivity index (χ3n) is 3.84. The molecule has 0 atom stereocenters. The number of alkyl halides is 7. The van der Waals surface area contributed by atoms with Gasteiger partial charge in [-0.2, -0.15) is 31.4 Å². The van der Waals surface area contributed by atoms with Crippen molar-refractivity contribution in [3.8, 4) is 16.9 Å². The summed E-state index contributed by atoms with van der Waals surface area (Å²) in [5.74, 6) is -0.139. The first kappa shape index (κ1) is 20.6. The fourth-order valence-electron chi connectivity index (χ4n) is 2.59. The molecule has 3 aromatic heterocycles. The molecule has 0 unspecified atom stereocenters. The Morgan fingerprint density at radius 1 is 1.14 bits per heavy atom. The Balaban J connectivity index is 2.14. The zero-order valence-corrected chi connectivity index (χ0v) is 14.3. The van der Waals surface area contributed by atoms with E-state index in [-0.39, 0.29) is 11.3 Å². The van der Waals surface area contributed by atoms with Crippen LogP contribution in [0.15, 0.2) is 35.5 Å². The van der Waals surface area contributed by atoms with E-state index in [2.05, 4.69) is 14.8 Å². The molecule has 0 spiro atoms. The smallest absolute Gasteiger partial charge is 0.434 e. The minimum Gasteiger partial charge on any atom is -0.463 e. The molecule has 0 aliphatic carbocycles. The average Bonchev–Trinajstić information content (AvgIpc) is 3.07. The minimum absolute atomic E-state index is 0.139. The summed E-state index contributed by atoms with van der Waals surface area (Å²) in [5.41, 5.74) is -4.32. The molecule has 0 aromatic carbocycles. The number of aryl methyl sites for hydroxylation is 1. The quantitative estimate of drug-likeness (QED) is 0.584. The summed E-state index contributed by atoms with van der Waals surface area (Å²) in [6.45, 7) is -1.86. The fourth-order valence-corrected chi connectivity index (χ4v) is 2.59. The Labute approximate surface area is 157 Å². The summed E-state index contributed by atoms with van der Waals surface area (Å²) < 4.78 is 96.0. The molecule has 0 aliphatic heterocycles. The van der Waals surface area contributed by atoms with Crippen LogP contribution in [0.3, 0.4) is 0 Å². The summed E-state index contributed by atoms with van der Waals surface area (Å²) in [5, 5.41) is 3.59. The van der Waals surface area contributed by atoms with Gasteiger partial charge in [-0.15, -0.1) is 0 Å². The monoisotopic (exact) mass is 424 g/mol. The van der Waals surface area contributed by atoms with E-state index in [4.69, 9.17) is 0 Å². The average molecular weight is 424 g/mol. The van der Waals surface area contributed by atoms with E-state index in [1.165, 1.54) is 0 Å². The van der Waals surface area contributed by atoms with Crippen molar-refractivity contribution in [2.75, 3.05) is 6.86 Å². The van der Waals surface area contributed by atoms with Crippen molar-refractivity contribution < 1.29 is 35.5 Å². The SMILES string of the molecule is O=c1c(-c2cnn(CCC(F)(F)F)c2)c(C(F)(F)F)nc2cc(OCF)ccn12. The number of hydrogen-bond acceptors (Lipinski definition) is 4. The van der Waals surface area contributed by atoms with Crippen LogP contribution < -0.4 is 10.3 Å². The second-order valence-electron chi connectivity index (χ2n) is 5.84. The molecule has 13 heteroatoms. The molecule has 0 saturated carbocycles. The van der Waals surface area contributed by atoms with Crippen LogP contribution in [0.25, 0.3) is 16.8 Å². The van der Waals surface area contributed by atoms with Crippen LogP contribution in [0.5, 0.6) is 5.75 Å². The molecule has 156 valence electrons. The van der Waals surface area contributed by atoms with Crippen LogP contribution in [0, 0.1) is 0 Å². The molecule has 0 fully saturated rings. The number of pyridine rings is 1. The van der Waals surface area contributed by atoms with Crippen molar-refractivity contribution in [1.82, 2.24) is 19.2 Å². The van der Waals surface area contributed by atoms with E-state index in [1.54, 1.807) is 0 Å². The predicted octanol–water partition coefficient (Wildman–Crippen LogP) is 3.84. The zero-order chi connectivity index (χ0) is 21.4. The second-order valence-corrected chi connectivity index (χ2v) is 5.84. The number of halogens is 7. The molecule has 29 heavy (non-hydrogen) atoms. The molecule has 0 saturated heterocycles. The van der Waals surface area contributed by atoms with Crippen molar-refractivity contribution in [3.05, 3.63) is 46.8 Å². The van der Waals surface area contributed by atoms with Gasteiger partial charge in [0.25, 0.3) is 5.56 Å². The highest BCUT2D eigenvalue weighted by Crippen LogP contribution is 2.34. The Kier molecular flexibility index (Phi) is 5.24. The first-order valence-electron chi connectivity index (χ1n) is 7.91. The number of rotatable bonds is 5. The van der Waals surface area contributed by atoms with Crippen LogP contribution in [0.4, 0.5) is 30.7 Å². The third kappa shape index (κ3) is 4.49. The van der Waals surface area contributed by atoms with E-state index in [9.17, 15) is 35.5 Å². The third-order valence-corrected chi connectivity index (χ3v) is 3.84. The Morgan fingerprint density at radius 3 is 2.48 bits per heavy atom. The fraction of sp³-hybridized carbons (Fsp3) is 0.312. The minimum atomic E-state index is -5.05. The zero-order valence-electron chi connectivity index (χ0n) is 14.3. The molecular formula is C16H11F7N4O2. The molecule has 3 heterocycles. The van der Waals surface area contributed by atoms with Crippen molar-refractivity contribution in [3.63, 3.8) is 0 Å². The molecule has 0 amide bonds. The Hall–Kier alpha value is -3.12. The van der Waals surface area contributed by atoms with Crippen LogP contribution in [0.2, 0.25) is 0 Å². The summed E-state index contributed by atoms with van der Waals surface area (Å²) in [4.78, 5) is 16.1. The maximum absolute atomic E-state index is 13.5. The summed E-state index contributed by atoms with van der Waals surface area (Å²) >= 11 is 0. The van der Waals surface area contributed by atoms with E-state index in [1.807, 2.05) is 0 Å². The van der Waals surface area contributed by atoms with Gasteiger partial charge >= 0.3 is 12.4 Å². The first-order valence-corrected chi connectivity index (χ1v) is 7.91. The van der Waals surface area contributed by atoms with Gasteiger partial charge in [-0.05, 0) is 6.07 Å². The van der Waals surface area contributed by atoms with Crippen molar-refractivity contribution in [2.45, 2.75) is 25.3 Å². The summed E-state index contributed by atoms with van der Waals surface area (Å²) in [6, 6.07) is 2.10. The normalized spacial score (nSPS) is 12.5. The molecule has 0 aliphatic rings. The maximum atomic E-state index is 13.5. The van der Waals surface area contributed by atoms with Gasteiger partial charge < -0.3 is 4.74 Å². The van der Waals surface area contributed by atoms with Crippen LogP contribution in [0.1, 0.15) is 12.1 Å². The lowest BCUT2D eigenvalue weighted by atomic mass is 10.1. The van der Waals surface area contributed by atoms with Crippen molar-refractivity contribution in [2.24, 2.45) is 0 Å². The maximum Gasteiger partial charge on any atom is 0.434 e. The second kappa shape index (κ2) is 7.37. The van der Waals surface area contributed by atoms with Gasteiger partial charge in [-0.3, -0.25) is 13.9 Å². The number of nitrogens with zero attached hydrogens (tertiary/aromatic N) is 4. The largest absolute Gasteiger partial charge is 0.463 e. The number of ether oxygens (including phenoxy) is 1. The molecule has 0 bridgehead atoms. The van der Waals surface area contributed by atoms with Crippen molar-refractivity contribution >= 4 is 5.65 Å². The molecule has 3 aromatic rings. The molecular weight excluding hydrogens is 413 g/mol. The van der Waals surface area contributed by atoms with Crippen LogP contribution in [-0.4, -0.2) is 32.2 Å². The number of hydrogen-bond donors (Lipinski definition) is 0. The van der Waals surface area contributed by atoms with Crippen LogP contribution in [-0.2, 0) is 12.7 Å². The van der Waals surface area contributed by atoms with E-state index >= 15 is 0 Å². The topological polar surface area (TPSA) is 61.4 Å². The summed E-state index contributed by atoms with van der Waals surface area (Å²) in [6.07, 6.45) is -7.95. The number of fused-ring (bicyclic) bond motifs is 1.